The van der Waals surface area contributed by atoms with Crippen LogP contribution in [-0.4, -0.2) is 4.98 Å². The zero-order valence-electron chi connectivity index (χ0n) is 11.2. The molecule has 3 rings (SSSR count). The number of aryl methyl sites for hydroxylation is 1. The number of rotatable bonds is 3. The highest BCUT2D eigenvalue weighted by Crippen LogP contribution is 2.18. The van der Waals surface area contributed by atoms with Gasteiger partial charge in [0.1, 0.15) is 12.4 Å². The summed E-state index contributed by atoms with van der Waals surface area (Å²) in [7, 11) is 0. The van der Waals surface area contributed by atoms with Gasteiger partial charge in [0.15, 0.2) is 0 Å². The predicted molar refractivity (Wildman–Crippen MR) is 80.1 cm³/mol. The summed E-state index contributed by atoms with van der Waals surface area (Å²) in [5, 5.41) is 1.01. The summed E-state index contributed by atoms with van der Waals surface area (Å²) in [5.74, 6) is 0.806. The molecule has 2 aromatic carbocycles. The number of nitrogens with one attached hydrogen (secondary N) is 1. The molecular weight excluding hydrogens is 250 g/mol. The second kappa shape index (κ2) is 5.21. The van der Waals surface area contributed by atoms with Gasteiger partial charge in [-0.15, -0.1) is 0 Å². The maximum atomic E-state index is 11.6. The van der Waals surface area contributed by atoms with Crippen LogP contribution >= 0.6 is 0 Å². The van der Waals surface area contributed by atoms with Gasteiger partial charge in [-0.2, -0.15) is 0 Å². The lowest BCUT2D eigenvalue weighted by molar-refractivity contribution is 0.307. The van der Waals surface area contributed by atoms with Crippen molar-refractivity contribution in [2.75, 3.05) is 0 Å². The van der Waals surface area contributed by atoms with Crippen molar-refractivity contribution in [1.82, 2.24) is 4.98 Å². The zero-order chi connectivity index (χ0) is 13.9. The fraction of sp³-hybridized carbons (Fsp3) is 0.118. The summed E-state index contributed by atoms with van der Waals surface area (Å²) in [5.41, 5.74) is 2.82. The Morgan fingerprint density at radius 1 is 1.05 bits per heavy atom. The Balaban J connectivity index is 1.90. The van der Waals surface area contributed by atoms with Crippen molar-refractivity contribution in [3.05, 3.63) is 76.1 Å². The Kier molecular flexibility index (Phi) is 3.25. The number of benzene rings is 2. The molecular formula is C17H15NO2. The Labute approximate surface area is 116 Å². The van der Waals surface area contributed by atoms with Crippen molar-refractivity contribution >= 4 is 10.9 Å². The first-order valence-electron chi connectivity index (χ1n) is 6.53. The second-order valence-corrected chi connectivity index (χ2v) is 4.81. The smallest absolute Gasteiger partial charge is 0.248 e. The number of aromatic amines is 1. The van der Waals surface area contributed by atoms with Crippen molar-refractivity contribution in [2.24, 2.45) is 0 Å². The van der Waals surface area contributed by atoms with E-state index in [2.05, 4.69) is 4.98 Å². The quantitative estimate of drug-likeness (QED) is 0.788. The van der Waals surface area contributed by atoms with Crippen molar-refractivity contribution in [2.45, 2.75) is 13.5 Å². The van der Waals surface area contributed by atoms with E-state index >= 15 is 0 Å². The van der Waals surface area contributed by atoms with E-state index in [0.717, 1.165) is 22.2 Å². The molecule has 0 unspecified atom stereocenters. The monoisotopic (exact) mass is 265 g/mol. The Morgan fingerprint density at radius 3 is 2.60 bits per heavy atom. The zero-order valence-corrected chi connectivity index (χ0v) is 11.2. The highest BCUT2D eigenvalue weighted by Gasteiger charge is 2.04. The first-order chi connectivity index (χ1) is 9.72. The van der Waals surface area contributed by atoms with Crippen LogP contribution in [0.5, 0.6) is 5.75 Å². The third kappa shape index (κ3) is 2.57. The SMILES string of the molecule is Cc1ccc(OCc2cc(=O)[nH]c3ccccc23)cc1. The third-order valence-electron chi connectivity index (χ3n) is 3.25. The molecule has 1 heterocycles. The molecule has 1 N–H and O–H groups in total. The van der Waals surface area contributed by atoms with Gasteiger partial charge in [0.25, 0.3) is 0 Å². The molecule has 100 valence electrons. The van der Waals surface area contributed by atoms with Gasteiger partial charge in [-0.25, -0.2) is 0 Å². The minimum Gasteiger partial charge on any atom is -0.489 e. The van der Waals surface area contributed by atoms with Crippen LogP contribution in [0.4, 0.5) is 0 Å². The summed E-state index contributed by atoms with van der Waals surface area (Å²) >= 11 is 0. The van der Waals surface area contributed by atoms with Gasteiger partial charge >= 0.3 is 0 Å². The normalized spacial score (nSPS) is 10.7. The van der Waals surface area contributed by atoms with Crippen molar-refractivity contribution in [3.63, 3.8) is 0 Å². The molecule has 0 atom stereocenters. The number of H-pyrrole nitrogens is 1. The van der Waals surface area contributed by atoms with Gasteiger partial charge in [0, 0.05) is 22.5 Å². The molecule has 0 bridgehead atoms. The summed E-state index contributed by atoms with van der Waals surface area (Å²) in [6.07, 6.45) is 0. The standard InChI is InChI=1S/C17H15NO2/c1-12-6-8-14(9-7-12)20-11-13-10-17(19)18-16-5-3-2-4-15(13)16/h2-10H,11H2,1H3,(H,18,19). The van der Waals surface area contributed by atoms with Crippen LogP contribution in [0.25, 0.3) is 10.9 Å². The van der Waals surface area contributed by atoms with E-state index in [4.69, 9.17) is 4.74 Å². The summed E-state index contributed by atoms with van der Waals surface area (Å²) in [6.45, 7) is 2.42. The lowest BCUT2D eigenvalue weighted by atomic mass is 10.1. The van der Waals surface area contributed by atoms with Gasteiger partial charge < -0.3 is 9.72 Å². The van der Waals surface area contributed by atoms with Gasteiger partial charge in [0.2, 0.25) is 5.56 Å². The third-order valence-corrected chi connectivity index (χ3v) is 3.25. The molecule has 0 amide bonds. The summed E-state index contributed by atoms with van der Waals surface area (Å²) < 4.78 is 5.76. The molecule has 0 spiro atoms. The lowest BCUT2D eigenvalue weighted by Gasteiger charge is -2.09. The average molecular weight is 265 g/mol. The van der Waals surface area contributed by atoms with Crippen LogP contribution in [-0.2, 0) is 6.61 Å². The van der Waals surface area contributed by atoms with Crippen LogP contribution in [0.15, 0.2) is 59.4 Å². The van der Waals surface area contributed by atoms with Crippen LogP contribution in [0.2, 0.25) is 0 Å². The number of aromatic nitrogens is 1. The average Bonchev–Trinajstić information content (AvgIpc) is 2.46. The van der Waals surface area contributed by atoms with E-state index in [9.17, 15) is 4.79 Å². The van der Waals surface area contributed by atoms with E-state index in [-0.39, 0.29) is 5.56 Å². The fourth-order valence-corrected chi connectivity index (χ4v) is 2.19. The molecule has 0 aliphatic heterocycles. The number of hydrogen-bond donors (Lipinski definition) is 1. The first kappa shape index (κ1) is 12.5. The van der Waals surface area contributed by atoms with E-state index in [1.54, 1.807) is 6.07 Å². The highest BCUT2D eigenvalue weighted by atomic mass is 16.5. The molecule has 0 radical (unpaired) electrons. The molecule has 0 saturated carbocycles. The van der Waals surface area contributed by atoms with Crippen LogP contribution in [0, 0.1) is 6.92 Å². The second-order valence-electron chi connectivity index (χ2n) is 4.81. The van der Waals surface area contributed by atoms with E-state index in [1.807, 2.05) is 55.5 Å². The van der Waals surface area contributed by atoms with E-state index in [0.29, 0.717) is 6.61 Å². The molecule has 0 fully saturated rings. The minimum atomic E-state index is -0.105. The lowest BCUT2D eigenvalue weighted by Crippen LogP contribution is -2.08. The number of pyridine rings is 1. The van der Waals surface area contributed by atoms with Gasteiger partial charge in [-0.3, -0.25) is 4.79 Å². The number of hydrogen-bond acceptors (Lipinski definition) is 2. The van der Waals surface area contributed by atoms with E-state index < -0.39 is 0 Å². The molecule has 1 aromatic heterocycles. The van der Waals surface area contributed by atoms with Crippen LogP contribution in [0.3, 0.4) is 0 Å². The minimum absolute atomic E-state index is 0.105. The molecule has 3 aromatic rings. The molecule has 20 heavy (non-hydrogen) atoms. The summed E-state index contributed by atoms with van der Waals surface area (Å²) in [4.78, 5) is 14.5. The van der Waals surface area contributed by atoms with Gasteiger partial charge in [-0.1, -0.05) is 35.9 Å². The maximum absolute atomic E-state index is 11.6. The van der Waals surface area contributed by atoms with Crippen molar-refractivity contribution in [3.8, 4) is 5.75 Å². The molecule has 0 aliphatic carbocycles. The fourth-order valence-electron chi connectivity index (χ4n) is 2.19. The first-order valence-corrected chi connectivity index (χ1v) is 6.53. The van der Waals surface area contributed by atoms with Crippen molar-refractivity contribution < 1.29 is 4.74 Å². The Morgan fingerprint density at radius 2 is 1.80 bits per heavy atom. The molecule has 0 aliphatic rings. The van der Waals surface area contributed by atoms with Crippen LogP contribution < -0.4 is 10.3 Å². The molecule has 0 saturated heterocycles. The maximum Gasteiger partial charge on any atom is 0.248 e. The number of ether oxygens (including phenoxy) is 1. The molecule has 3 heteroatoms. The largest absolute Gasteiger partial charge is 0.489 e. The van der Waals surface area contributed by atoms with Crippen molar-refractivity contribution in [1.29, 1.82) is 0 Å². The van der Waals surface area contributed by atoms with Gasteiger partial charge in [0.05, 0.1) is 0 Å². The predicted octanol–water partition coefficient (Wildman–Crippen LogP) is 3.42. The Hall–Kier alpha value is -2.55. The summed E-state index contributed by atoms with van der Waals surface area (Å²) in [6, 6.07) is 17.2. The highest BCUT2D eigenvalue weighted by molar-refractivity contribution is 5.81. The molecule has 3 nitrogen and oxygen atoms in total. The van der Waals surface area contributed by atoms with Gasteiger partial charge in [-0.05, 0) is 25.1 Å². The van der Waals surface area contributed by atoms with E-state index in [1.165, 1.54) is 5.56 Å². The number of para-hydroxylation sites is 1. The number of fused-ring (bicyclic) bond motifs is 1. The van der Waals surface area contributed by atoms with Crippen LogP contribution in [0.1, 0.15) is 11.1 Å². The topological polar surface area (TPSA) is 42.1 Å². The Bertz CT molecular complexity index is 788.